The lowest BCUT2D eigenvalue weighted by atomic mass is 9.88. The minimum atomic E-state index is -0.916. The normalized spacial score (nSPS) is 13.4. The summed E-state index contributed by atoms with van der Waals surface area (Å²) in [5.41, 5.74) is 0.804. The van der Waals surface area contributed by atoms with Crippen molar-refractivity contribution in [3.63, 3.8) is 0 Å². The summed E-state index contributed by atoms with van der Waals surface area (Å²) in [7, 11) is 0. The number of thiophene rings is 1. The summed E-state index contributed by atoms with van der Waals surface area (Å²) in [6.45, 7) is 10.3. The first-order valence-electron chi connectivity index (χ1n) is 6.45. The highest BCUT2D eigenvalue weighted by molar-refractivity contribution is 7.20. The maximum atomic E-state index is 11.2. The van der Waals surface area contributed by atoms with Crippen molar-refractivity contribution >= 4 is 33.3 Å². The zero-order valence-corrected chi connectivity index (χ0v) is 13.1. The Morgan fingerprint density at radius 1 is 1.40 bits per heavy atom. The molecule has 0 aliphatic heterocycles. The van der Waals surface area contributed by atoms with Gasteiger partial charge in [-0.05, 0) is 24.8 Å². The maximum absolute atomic E-state index is 11.2. The highest BCUT2D eigenvalue weighted by atomic mass is 32.1. The first-order valence-corrected chi connectivity index (χ1v) is 7.27. The topological polar surface area (TPSA) is 75.1 Å². The van der Waals surface area contributed by atoms with Crippen molar-refractivity contribution in [1.82, 2.24) is 9.97 Å². The molecule has 0 amide bonds. The number of aromatic carboxylic acids is 1. The summed E-state index contributed by atoms with van der Waals surface area (Å²) in [5, 5.41) is 13.4. The van der Waals surface area contributed by atoms with Gasteiger partial charge in [-0.1, -0.05) is 20.8 Å². The van der Waals surface area contributed by atoms with E-state index in [-0.39, 0.29) is 11.5 Å². The zero-order chi connectivity index (χ0) is 15.1. The average Bonchev–Trinajstić information content (AvgIpc) is 2.67. The number of hydrogen-bond donors (Lipinski definition) is 2. The Kier molecular flexibility index (Phi) is 3.69. The Bertz CT molecular complexity index is 658. The lowest BCUT2D eigenvalue weighted by molar-refractivity contribution is 0.0701. The van der Waals surface area contributed by atoms with E-state index in [0.717, 1.165) is 10.9 Å². The van der Waals surface area contributed by atoms with E-state index in [9.17, 15) is 9.90 Å². The van der Waals surface area contributed by atoms with Crippen molar-refractivity contribution in [2.24, 2.45) is 5.41 Å². The molecule has 108 valence electrons. The molecule has 0 saturated carbocycles. The molecule has 5 nitrogen and oxygen atoms in total. The van der Waals surface area contributed by atoms with Crippen molar-refractivity contribution in [2.45, 2.75) is 40.7 Å². The smallest absolute Gasteiger partial charge is 0.346 e. The number of aromatic nitrogens is 2. The number of fused-ring (bicyclic) bond motifs is 1. The van der Waals surface area contributed by atoms with Crippen molar-refractivity contribution in [3.05, 3.63) is 16.8 Å². The number of carboxylic acid groups (broad SMARTS) is 1. The molecule has 0 fully saturated rings. The Morgan fingerprint density at radius 3 is 2.60 bits per heavy atom. The van der Waals surface area contributed by atoms with Crippen molar-refractivity contribution in [2.75, 3.05) is 5.32 Å². The largest absolute Gasteiger partial charge is 0.477 e. The van der Waals surface area contributed by atoms with Crippen LogP contribution in [-0.2, 0) is 0 Å². The third-order valence-electron chi connectivity index (χ3n) is 3.57. The number of rotatable bonds is 3. The summed E-state index contributed by atoms with van der Waals surface area (Å²) in [6.07, 6.45) is 1.47. The van der Waals surface area contributed by atoms with Gasteiger partial charge in [0.2, 0.25) is 0 Å². The number of anilines is 1. The minimum absolute atomic E-state index is 0.0802. The van der Waals surface area contributed by atoms with Gasteiger partial charge < -0.3 is 10.4 Å². The van der Waals surface area contributed by atoms with Crippen LogP contribution in [0.1, 0.15) is 42.9 Å². The standard InChI is InChI=1S/C14H19N3O2S/c1-7-9-11(17-8(2)14(3,4)5)15-6-16-12(9)20-10(7)13(18)19/h6,8H,1-5H3,(H,18,19)(H,15,16,17). The van der Waals surface area contributed by atoms with Crippen LogP contribution in [0.5, 0.6) is 0 Å². The molecule has 2 aromatic rings. The zero-order valence-electron chi connectivity index (χ0n) is 12.3. The van der Waals surface area contributed by atoms with E-state index in [1.54, 1.807) is 6.92 Å². The fourth-order valence-corrected chi connectivity index (χ4v) is 2.79. The quantitative estimate of drug-likeness (QED) is 0.905. The first kappa shape index (κ1) is 14.7. The van der Waals surface area contributed by atoms with E-state index < -0.39 is 5.97 Å². The van der Waals surface area contributed by atoms with Crippen LogP contribution in [0.4, 0.5) is 5.82 Å². The second-order valence-corrected chi connectivity index (χ2v) is 6.99. The van der Waals surface area contributed by atoms with Gasteiger partial charge in [-0.3, -0.25) is 0 Å². The summed E-state index contributed by atoms with van der Waals surface area (Å²) < 4.78 is 0. The number of carboxylic acids is 1. The van der Waals surface area contributed by atoms with Crippen molar-refractivity contribution in [3.8, 4) is 0 Å². The van der Waals surface area contributed by atoms with Gasteiger partial charge in [0, 0.05) is 6.04 Å². The monoisotopic (exact) mass is 293 g/mol. The SMILES string of the molecule is Cc1c(C(=O)O)sc2ncnc(NC(C)C(C)(C)C)c12. The van der Waals surface area contributed by atoms with Crippen LogP contribution < -0.4 is 5.32 Å². The van der Waals surface area contributed by atoms with Crippen LogP contribution in [0.25, 0.3) is 10.2 Å². The molecule has 0 radical (unpaired) electrons. The van der Waals surface area contributed by atoms with Crippen LogP contribution in [0.3, 0.4) is 0 Å². The molecule has 0 aliphatic rings. The van der Waals surface area contributed by atoms with Gasteiger partial charge in [0.05, 0.1) is 5.39 Å². The van der Waals surface area contributed by atoms with Gasteiger partial charge in [-0.25, -0.2) is 14.8 Å². The lowest BCUT2D eigenvalue weighted by Crippen LogP contribution is -2.31. The second kappa shape index (κ2) is 5.01. The molecule has 0 saturated heterocycles. The lowest BCUT2D eigenvalue weighted by Gasteiger charge is -2.28. The summed E-state index contributed by atoms with van der Waals surface area (Å²) in [6, 6.07) is 0.202. The molecule has 0 spiro atoms. The van der Waals surface area contributed by atoms with Gasteiger partial charge in [0.25, 0.3) is 0 Å². The molecule has 2 heterocycles. The molecular formula is C14H19N3O2S. The Hall–Kier alpha value is -1.69. The summed E-state index contributed by atoms with van der Waals surface area (Å²) in [5.74, 6) is -0.209. The van der Waals surface area contributed by atoms with E-state index in [0.29, 0.717) is 15.5 Å². The van der Waals surface area contributed by atoms with Crippen molar-refractivity contribution < 1.29 is 9.90 Å². The van der Waals surface area contributed by atoms with Crippen LogP contribution in [-0.4, -0.2) is 27.1 Å². The van der Waals surface area contributed by atoms with Crippen LogP contribution in [0.15, 0.2) is 6.33 Å². The fourth-order valence-electron chi connectivity index (χ4n) is 1.81. The highest BCUT2D eigenvalue weighted by Crippen LogP contribution is 2.34. The van der Waals surface area contributed by atoms with Gasteiger partial charge in [-0.2, -0.15) is 0 Å². The molecule has 20 heavy (non-hydrogen) atoms. The van der Waals surface area contributed by atoms with Crippen molar-refractivity contribution in [1.29, 1.82) is 0 Å². The van der Waals surface area contributed by atoms with E-state index in [1.165, 1.54) is 17.7 Å². The molecule has 2 N–H and O–H groups in total. The second-order valence-electron chi connectivity index (χ2n) is 6.00. The number of hydrogen-bond acceptors (Lipinski definition) is 5. The third kappa shape index (κ3) is 2.60. The van der Waals surface area contributed by atoms with Gasteiger partial charge in [0.15, 0.2) is 0 Å². The van der Waals surface area contributed by atoms with Crippen LogP contribution in [0.2, 0.25) is 0 Å². The third-order valence-corrected chi connectivity index (χ3v) is 4.76. The fraction of sp³-hybridized carbons (Fsp3) is 0.500. The molecule has 0 bridgehead atoms. The predicted molar refractivity (Wildman–Crippen MR) is 81.7 cm³/mol. The van der Waals surface area contributed by atoms with Crippen LogP contribution in [0, 0.1) is 12.3 Å². The molecule has 1 atom stereocenters. The van der Waals surface area contributed by atoms with Gasteiger partial charge in [-0.15, -0.1) is 11.3 Å². The summed E-state index contributed by atoms with van der Waals surface area (Å²) in [4.78, 5) is 20.7. The van der Waals surface area contributed by atoms with Crippen LogP contribution >= 0.6 is 11.3 Å². The molecule has 2 rings (SSSR count). The molecule has 6 heteroatoms. The van der Waals surface area contributed by atoms with E-state index >= 15 is 0 Å². The number of carbonyl (C=O) groups is 1. The molecule has 1 unspecified atom stereocenters. The minimum Gasteiger partial charge on any atom is -0.477 e. The Labute approximate surface area is 122 Å². The number of nitrogens with one attached hydrogen (secondary N) is 1. The van der Waals surface area contributed by atoms with Gasteiger partial charge >= 0.3 is 5.97 Å². The van der Waals surface area contributed by atoms with E-state index in [1.807, 2.05) is 0 Å². The Morgan fingerprint density at radius 2 is 2.05 bits per heavy atom. The molecule has 2 aromatic heterocycles. The van der Waals surface area contributed by atoms with E-state index in [4.69, 9.17) is 0 Å². The predicted octanol–water partition coefficient (Wildman–Crippen LogP) is 3.54. The van der Waals surface area contributed by atoms with E-state index in [2.05, 4.69) is 43.0 Å². The first-order chi connectivity index (χ1) is 9.21. The Balaban J connectivity index is 2.52. The summed E-state index contributed by atoms with van der Waals surface area (Å²) >= 11 is 1.19. The molecule has 0 aromatic carbocycles. The number of aryl methyl sites for hydroxylation is 1. The highest BCUT2D eigenvalue weighted by Gasteiger charge is 2.23. The molecular weight excluding hydrogens is 274 g/mol. The van der Waals surface area contributed by atoms with Gasteiger partial charge in [0.1, 0.15) is 21.9 Å². The molecule has 0 aliphatic carbocycles. The maximum Gasteiger partial charge on any atom is 0.346 e. The number of nitrogens with zero attached hydrogens (tertiary/aromatic N) is 2. The average molecular weight is 293 g/mol.